The number of hydrogen-bond donors (Lipinski definition) is 1. The summed E-state index contributed by atoms with van der Waals surface area (Å²) in [5, 5.41) is 8.65. The third kappa shape index (κ3) is 1.84. The van der Waals surface area contributed by atoms with Crippen LogP contribution in [0.5, 0.6) is 0 Å². The molecule has 0 bridgehead atoms. The highest BCUT2D eigenvalue weighted by atomic mass is 35.7. The third-order valence-electron chi connectivity index (χ3n) is 1.50. The summed E-state index contributed by atoms with van der Waals surface area (Å²) in [4.78, 5) is 10.2. The summed E-state index contributed by atoms with van der Waals surface area (Å²) in [6.07, 6.45) is 1.32. The highest BCUT2D eigenvalue weighted by Crippen LogP contribution is 2.20. The van der Waals surface area contributed by atoms with Gasteiger partial charge in [0, 0.05) is 23.9 Å². The molecule has 0 spiro atoms. The van der Waals surface area contributed by atoms with Crippen LogP contribution < -0.4 is 0 Å². The van der Waals surface area contributed by atoms with Crippen LogP contribution in [0.2, 0.25) is 0 Å². The second kappa shape index (κ2) is 3.04. The van der Waals surface area contributed by atoms with Crippen LogP contribution >= 0.6 is 10.7 Å². The maximum Gasteiger partial charge on any atom is 0.353 e. The van der Waals surface area contributed by atoms with Crippen molar-refractivity contribution in [2.45, 2.75) is 4.90 Å². The minimum Gasteiger partial charge on any atom is -0.477 e. The number of halogens is 1. The molecule has 0 aromatic carbocycles. The van der Waals surface area contributed by atoms with Gasteiger partial charge in [-0.1, -0.05) is 0 Å². The van der Waals surface area contributed by atoms with Gasteiger partial charge in [-0.15, -0.1) is 0 Å². The second-order valence-corrected chi connectivity index (χ2v) is 4.92. The molecule has 1 aromatic rings. The largest absolute Gasteiger partial charge is 0.477 e. The standard InChI is InChI=1S/C6H6ClNO4S/c1-8-3-2-4(13(7,11)12)5(8)6(9)10/h2-3H,1H3,(H,9,10). The molecule has 0 saturated carbocycles. The molecular weight excluding hydrogens is 218 g/mol. The topological polar surface area (TPSA) is 76.4 Å². The van der Waals surface area contributed by atoms with E-state index < -0.39 is 15.0 Å². The summed E-state index contributed by atoms with van der Waals surface area (Å²) in [6.45, 7) is 0. The van der Waals surface area contributed by atoms with Gasteiger partial charge in [-0.05, 0) is 6.07 Å². The summed E-state index contributed by atoms with van der Waals surface area (Å²) in [5.41, 5.74) is -0.338. The minimum absolute atomic E-state index is 0.338. The Morgan fingerprint density at radius 2 is 2.15 bits per heavy atom. The molecule has 1 rings (SSSR count). The molecular formula is C6H6ClNO4S. The van der Waals surface area contributed by atoms with Crippen LogP contribution in [-0.2, 0) is 16.1 Å². The zero-order valence-electron chi connectivity index (χ0n) is 6.56. The van der Waals surface area contributed by atoms with E-state index in [0.29, 0.717) is 0 Å². The fourth-order valence-electron chi connectivity index (χ4n) is 0.960. The maximum absolute atomic E-state index is 10.9. The Kier molecular flexibility index (Phi) is 2.36. The van der Waals surface area contributed by atoms with Crippen molar-refractivity contribution in [2.75, 3.05) is 0 Å². The van der Waals surface area contributed by atoms with Crippen molar-refractivity contribution < 1.29 is 18.3 Å². The van der Waals surface area contributed by atoms with E-state index in [9.17, 15) is 13.2 Å². The van der Waals surface area contributed by atoms with Crippen LogP contribution in [0.15, 0.2) is 17.2 Å². The summed E-state index contributed by atoms with van der Waals surface area (Å²) in [5.74, 6) is -1.33. The van der Waals surface area contributed by atoms with Gasteiger partial charge < -0.3 is 9.67 Å². The van der Waals surface area contributed by atoms with Crippen molar-refractivity contribution in [3.63, 3.8) is 0 Å². The molecule has 0 aliphatic heterocycles. The van der Waals surface area contributed by atoms with Gasteiger partial charge in [0.1, 0.15) is 10.6 Å². The van der Waals surface area contributed by atoms with E-state index in [2.05, 4.69) is 0 Å². The van der Waals surface area contributed by atoms with Gasteiger partial charge in [0.2, 0.25) is 0 Å². The smallest absolute Gasteiger partial charge is 0.353 e. The lowest BCUT2D eigenvalue weighted by Gasteiger charge is -1.98. The molecule has 1 N–H and O–H groups in total. The molecule has 0 amide bonds. The monoisotopic (exact) mass is 223 g/mol. The zero-order valence-corrected chi connectivity index (χ0v) is 8.13. The average Bonchev–Trinajstić information content (AvgIpc) is 2.28. The second-order valence-electron chi connectivity index (χ2n) is 2.38. The molecule has 0 aliphatic carbocycles. The first-order valence-corrected chi connectivity index (χ1v) is 5.48. The van der Waals surface area contributed by atoms with E-state index in [0.717, 1.165) is 6.07 Å². The van der Waals surface area contributed by atoms with E-state index in [1.54, 1.807) is 0 Å². The van der Waals surface area contributed by atoms with Crippen molar-refractivity contribution in [3.05, 3.63) is 18.0 Å². The van der Waals surface area contributed by atoms with Crippen molar-refractivity contribution in [3.8, 4) is 0 Å². The Balaban J connectivity index is 3.49. The Bertz CT molecular complexity index is 447. The number of aromatic nitrogens is 1. The fraction of sp³-hybridized carbons (Fsp3) is 0.167. The van der Waals surface area contributed by atoms with Gasteiger partial charge >= 0.3 is 5.97 Å². The van der Waals surface area contributed by atoms with Crippen molar-refractivity contribution in [1.29, 1.82) is 0 Å². The molecule has 0 radical (unpaired) electrons. The van der Waals surface area contributed by atoms with Crippen molar-refractivity contribution in [2.24, 2.45) is 7.05 Å². The zero-order chi connectivity index (χ0) is 10.2. The fourth-order valence-corrected chi connectivity index (χ4v) is 2.02. The highest BCUT2D eigenvalue weighted by Gasteiger charge is 2.23. The Morgan fingerprint density at radius 3 is 2.46 bits per heavy atom. The molecule has 1 heterocycles. The summed E-state index contributed by atoms with van der Waals surface area (Å²) >= 11 is 0. The highest BCUT2D eigenvalue weighted by molar-refractivity contribution is 8.13. The third-order valence-corrected chi connectivity index (χ3v) is 2.85. The van der Waals surface area contributed by atoms with E-state index in [1.165, 1.54) is 17.8 Å². The Labute approximate surface area is 79.0 Å². The quantitative estimate of drug-likeness (QED) is 0.747. The number of aromatic carboxylic acids is 1. The van der Waals surface area contributed by atoms with Crippen LogP contribution in [0.3, 0.4) is 0 Å². The molecule has 5 nitrogen and oxygen atoms in total. The summed E-state index contributed by atoms with van der Waals surface area (Å²) < 4.78 is 22.9. The van der Waals surface area contributed by atoms with Crippen LogP contribution in [0, 0.1) is 0 Å². The number of carbonyl (C=O) groups is 1. The Hall–Kier alpha value is -1.01. The number of rotatable bonds is 2. The van der Waals surface area contributed by atoms with Gasteiger partial charge in [-0.25, -0.2) is 13.2 Å². The first-order valence-electron chi connectivity index (χ1n) is 3.17. The Morgan fingerprint density at radius 1 is 1.62 bits per heavy atom. The lowest BCUT2D eigenvalue weighted by Crippen LogP contribution is -2.08. The van der Waals surface area contributed by atoms with Crippen LogP contribution in [0.4, 0.5) is 0 Å². The lowest BCUT2D eigenvalue weighted by molar-refractivity contribution is 0.0682. The first-order chi connectivity index (χ1) is 5.84. The molecule has 0 saturated heterocycles. The molecule has 0 fully saturated rings. The van der Waals surface area contributed by atoms with Crippen molar-refractivity contribution >= 4 is 25.7 Å². The number of hydrogen-bond acceptors (Lipinski definition) is 3. The molecule has 0 aliphatic rings. The van der Waals surface area contributed by atoms with Gasteiger partial charge in [-0.2, -0.15) is 0 Å². The summed E-state index contributed by atoms with van der Waals surface area (Å²) in [7, 11) is 2.46. The predicted octanol–water partition coefficient (Wildman–Crippen LogP) is 0.651. The molecule has 0 unspecified atom stereocenters. The summed E-state index contributed by atoms with van der Waals surface area (Å²) in [6, 6.07) is 1.14. The van der Waals surface area contributed by atoms with E-state index >= 15 is 0 Å². The number of carboxylic acid groups (broad SMARTS) is 1. The van der Waals surface area contributed by atoms with Gasteiger partial charge in [0.25, 0.3) is 9.05 Å². The average molecular weight is 224 g/mol. The van der Waals surface area contributed by atoms with E-state index in [4.69, 9.17) is 15.8 Å². The SMILES string of the molecule is Cn1ccc(S(=O)(=O)Cl)c1C(=O)O. The van der Waals surface area contributed by atoms with Gasteiger partial charge in [0.05, 0.1) is 0 Å². The lowest BCUT2D eigenvalue weighted by atomic mass is 10.4. The van der Waals surface area contributed by atoms with Crippen LogP contribution in [-0.4, -0.2) is 24.1 Å². The molecule has 0 atom stereocenters. The number of aryl methyl sites for hydroxylation is 1. The number of nitrogens with zero attached hydrogens (tertiary/aromatic N) is 1. The minimum atomic E-state index is -3.99. The molecule has 13 heavy (non-hydrogen) atoms. The van der Waals surface area contributed by atoms with E-state index in [1.807, 2.05) is 0 Å². The van der Waals surface area contributed by atoms with Gasteiger partial charge in [-0.3, -0.25) is 0 Å². The molecule has 72 valence electrons. The molecule has 1 aromatic heterocycles. The van der Waals surface area contributed by atoms with Crippen LogP contribution in [0.25, 0.3) is 0 Å². The first kappa shape index (κ1) is 10.1. The van der Waals surface area contributed by atoms with Crippen molar-refractivity contribution in [1.82, 2.24) is 4.57 Å². The molecule has 7 heteroatoms. The normalized spacial score (nSPS) is 11.5. The maximum atomic E-state index is 10.9. The van der Waals surface area contributed by atoms with E-state index in [-0.39, 0.29) is 10.6 Å². The number of carboxylic acids is 1. The predicted molar refractivity (Wildman–Crippen MR) is 45.4 cm³/mol. The van der Waals surface area contributed by atoms with Gasteiger partial charge in [0.15, 0.2) is 0 Å². The van der Waals surface area contributed by atoms with Crippen LogP contribution in [0.1, 0.15) is 10.5 Å².